The summed E-state index contributed by atoms with van der Waals surface area (Å²) in [4.78, 5) is 35.5. The molecule has 1 aliphatic rings. The van der Waals surface area contributed by atoms with Crippen molar-refractivity contribution in [3.63, 3.8) is 0 Å². The van der Waals surface area contributed by atoms with Crippen LogP contribution >= 0.6 is 0 Å². The molecule has 33 heavy (non-hydrogen) atoms. The predicted octanol–water partition coefficient (Wildman–Crippen LogP) is 3.62. The van der Waals surface area contributed by atoms with Gasteiger partial charge in [0.1, 0.15) is 5.56 Å². The Kier molecular flexibility index (Phi) is 7.65. The Labute approximate surface area is 192 Å². The molecule has 178 valence electrons. The Morgan fingerprint density at radius 1 is 1.12 bits per heavy atom. The number of hydrogen-bond donors (Lipinski definition) is 0. The van der Waals surface area contributed by atoms with Gasteiger partial charge in [0.05, 0.1) is 26.0 Å². The molecule has 1 amide bonds. The van der Waals surface area contributed by atoms with Crippen LogP contribution in [-0.4, -0.2) is 51.6 Å². The molecule has 0 unspecified atom stereocenters. The lowest BCUT2D eigenvalue weighted by atomic mass is 9.77. The molecule has 2 heterocycles. The van der Waals surface area contributed by atoms with Crippen LogP contribution in [0.2, 0.25) is 0 Å². The fraction of sp³-hybridized carbons (Fsp3) is 0.500. The first-order valence-corrected chi connectivity index (χ1v) is 10.7. The number of benzene rings is 1. The van der Waals surface area contributed by atoms with Gasteiger partial charge in [-0.25, -0.2) is 0 Å². The number of fused-ring (bicyclic) bond motifs is 3. The maximum atomic E-state index is 12.7. The van der Waals surface area contributed by atoms with Crippen LogP contribution in [0.15, 0.2) is 34.4 Å². The SMILES string of the molecule is COCCCOc1cc2c(cc1OC)-c1cc(=O)c(C(=O)N=O)cn1[C@@H](C(C)(C)COC)C2. The van der Waals surface area contributed by atoms with Crippen LogP contribution in [-0.2, 0) is 15.9 Å². The van der Waals surface area contributed by atoms with Crippen LogP contribution < -0.4 is 14.9 Å². The van der Waals surface area contributed by atoms with Crippen LogP contribution in [0.4, 0.5) is 0 Å². The molecule has 0 fully saturated rings. The largest absolute Gasteiger partial charge is 0.493 e. The van der Waals surface area contributed by atoms with Gasteiger partial charge in [0.2, 0.25) is 0 Å². The van der Waals surface area contributed by atoms with E-state index in [9.17, 15) is 14.5 Å². The van der Waals surface area contributed by atoms with Crippen LogP contribution in [0.1, 0.15) is 42.2 Å². The molecule has 2 aromatic rings. The lowest BCUT2D eigenvalue weighted by Gasteiger charge is -2.40. The minimum absolute atomic E-state index is 0.159. The van der Waals surface area contributed by atoms with Gasteiger partial charge in [0.15, 0.2) is 16.9 Å². The molecule has 0 aliphatic carbocycles. The van der Waals surface area contributed by atoms with Gasteiger partial charge in [-0.05, 0) is 24.1 Å². The van der Waals surface area contributed by atoms with Gasteiger partial charge in [-0.15, -0.1) is 4.91 Å². The summed E-state index contributed by atoms with van der Waals surface area (Å²) in [5.74, 6) is 0.0691. The van der Waals surface area contributed by atoms with Gasteiger partial charge in [-0.1, -0.05) is 13.8 Å². The summed E-state index contributed by atoms with van der Waals surface area (Å²) in [5.41, 5.74) is 1.25. The van der Waals surface area contributed by atoms with Crippen LogP contribution in [0.25, 0.3) is 11.3 Å². The lowest BCUT2D eigenvalue weighted by molar-refractivity contribution is 0.0623. The zero-order valence-electron chi connectivity index (χ0n) is 19.7. The number of carbonyl (C=O) groups excluding carboxylic acids is 1. The third-order valence-corrected chi connectivity index (χ3v) is 5.98. The molecular formula is C24H30N2O7. The number of methoxy groups -OCH3 is 3. The molecular weight excluding hydrogens is 428 g/mol. The summed E-state index contributed by atoms with van der Waals surface area (Å²) >= 11 is 0. The van der Waals surface area contributed by atoms with Gasteiger partial charge in [0.25, 0.3) is 0 Å². The topological polar surface area (TPSA) is 105 Å². The maximum Gasteiger partial charge on any atom is 0.322 e. The Hall–Kier alpha value is -3.04. The fourth-order valence-electron chi connectivity index (χ4n) is 4.33. The van der Waals surface area contributed by atoms with Crippen molar-refractivity contribution in [3.8, 4) is 22.8 Å². The summed E-state index contributed by atoms with van der Waals surface area (Å²) in [6, 6.07) is 5.00. The first-order chi connectivity index (χ1) is 15.8. The maximum absolute atomic E-state index is 12.7. The van der Waals surface area contributed by atoms with Crippen LogP contribution in [0.5, 0.6) is 11.5 Å². The Balaban J connectivity index is 2.17. The number of rotatable bonds is 10. The molecule has 0 bridgehead atoms. The fourth-order valence-corrected chi connectivity index (χ4v) is 4.33. The smallest absolute Gasteiger partial charge is 0.322 e. The second kappa shape index (κ2) is 10.3. The molecule has 1 aromatic heterocycles. The highest BCUT2D eigenvalue weighted by Gasteiger charge is 2.37. The summed E-state index contributed by atoms with van der Waals surface area (Å²) in [6.45, 7) is 5.62. The van der Waals surface area contributed by atoms with Crippen molar-refractivity contribution >= 4 is 5.91 Å². The summed E-state index contributed by atoms with van der Waals surface area (Å²) in [5, 5.41) is 2.44. The summed E-state index contributed by atoms with van der Waals surface area (Å²) < 4.78 is 23.9. The molecule has 9 nitrogen and oxygen atoms in total. The van der Waals surface area contributed by atoms with Crippen molar-refractivity contribution in [1.82, 2.24) is 4.57 Å². The number of nitrogens with zero attached hydrogens (tertiary/aromatic N) is 2. The predicted molar refractivity (Wildman–Crippen MR) is 123 cm³/mol. The van der Waals surface area contributed by atoms with E-state index in [2.05, 4.69) is 19.0 Å². The Bertz CT molecular complexity index is 1090. The van der Waals surface area contributed by atoms with E-state index in [4.69, 9.17) is 18.9 Å². The molecule has 1 atom stereocenters. The molecule has 9 heteroatoms. The van der Waals surface area contributed by atoms with Gasteiger partial charge in [-0.2, -0.15) is 0 Å². The number of aromatic nitrogens is 1. The van der Waals surface area contributed by atoms with Gasteiger partial charge >= 0.3 is 5.91 Å². The van der Waals surface area contributed by atoms with Crippen molar-refractivity contribution in [2.75, 3.05) is 41.2 Å². The van der Waals surface area contributed by atoms with E-state index in [1.165, 1.54) is 12.3 Å². The molecule has 0 saturated carbocycles. The molecule has 0 spiro atoms. The highest BCUT2D eigenvalue weighted by molar-refractivity contribution is 5.94. The molecule has 1 aromatic carbocycles. The number of hydrogen-bond acceptors (Lipinski definition) is 7. The normalized spacial score (nSPS) is 14.9. The summed E-state index contributed by atoms with van der Waals surface area (Å²) in [6.07, 6.45) is 2.77. The number of ether oxygens (including phenoxy) is 4. The van der Waals surface area contributed by atoms with Gasteiger partial charge in [-0.3, -0.25) is 9.59 Å². The van der Waals surface area contributed by atoms with Crippen LogP contribution in [0.3, 0.4) is 0 Å². The van der Waals surface area contributed by atoms with E-state index < -0.39 is 11.3 Å². The van der Waals surface area contributed by atoms with E-state index >= 15 is 0 Å². The van der Waals surface area contributed by atoms with E-state index in [1.807, 2.05) is 16.7 Å². The van der Waals surface area contributed by atoms with E-state index in [0.717, 1.165) is 17.5 Å². The first-order valence-electron chi connectivity index (χ1n) is 10.7. The third-order valence-electron chi connectivity index (χ3n) is 5.98. The van der Waals surface area contributed by atoms with Crippen molar-refractivity contribution in [1.29, 1.82) is 0 Å². The van der Waals surface area contributed by atoms with Crippen molar-refractivity contribution in [2.24, 2.45) is 10.6 Å². The van der Waals surface area contributed by atoms with E-state index in [0.29, 0.717) is 43.4 Å². The average molecular weight is 459 g/mol. The quantitative estimate of drug-likeness (QED) is 0.395. The minimum Gasteiger partial charge on any atom is -0.493 e. The Morgan fingerprint density at radius 2 is 1.88 bits per heavy atom. The zero-order chi connectivity index (χ0) is 24.2. The van der Waals surface area contributed by atoms with Crippen LogP contribution in [0, 0.1) is 10.3 Å². The molecule has 0 saturated heterocycles. The number of pyridine rings is 1. The van der Waals surface area contributed by atoms with Crippen molar-refractivity contribution in [3.05, 3.63) is 50.7 Å². The van der Waals surface area contributed by atoms with E-state index in [1.54, 1.807) is 21.3 Å². The lowest BCUT2D eigenvalue weighted by Crippen LogP contribution is -2.37. The number of nitroso groups, excluding NO2 is 1. The second-order valence-corrected chi connectivity index (χ2v) is 8.74. The first kappa shape index (κ1) is 24.6. The Morgan fingerprint density at radius 3 is 2.52 bits per heavy atom. The van der Waals surface area contributed by atoms with Crippen molar-refractivity contribution < 1.29 is 23.7 Å². The molecule has 0 N–H and O–H groups in total. The average Bonchev–Trinajstić information content (AvgIpc) is 2.79. The second-order valence-electron chi connectivity index (χ2n) is 8.74. The summed E-state index contributed by atoms with van der Waals surface area (Å²) in [7, 11) is 4.83. The number of amides is 1. The minimum atomic E-state index is -1.08. The van der Waals surface area contributed by atoms with Crippen molar-refractivity contribution in [2.45, 2.75) is 32.7 Å². The highest BCUT2D eigenvalue weighted by Crippen LogP contribution is 2.46. The molecule has 1 aliphatic heterocycles. The number of carbonyl (C=O) groups is 1. The zero-order valence-corrected chi connectivity index (χ0v) is 19.7. The highest BCUT2D eigenvalue weighted by atomic mass is 16.5. The van der Waals surface area contributed by atoms with E-state index in [-0.39, 0.29) is 17.0 Å². The van der Waals surface area contributed by atoms with Gasteiger partial charge < -0.3 is 23.5 Å². The third kappa shape index (κ3) is 4.99. The monoisotopic (exact) mass is 458 g/mol. The molecule has 0 radical (unpaired) electrons. The van der Waals surface area contributed by atoms with Gasteiger partial charge in [0, 0.05) is 61.7 Å². The molecule has 3 rings (SSSR count). The standard InChI is InChI=1S/C24H30N2O7/c1-24(2,14-31-4)22-10-15-9-21(33-8-6-7-30-3)20(32-5)11-16(15)18-12-19(27)17(13-26(18)22)23(28)25-29/h9,11-13,22H,6-8,10,14H2,1-5H3/t22-/m1/s1.